The maximum Gasteiger partial charge on any atom is 0.0714 e. The monoisotopic (exact) mass is 1150 g/mol. The molecule has 2 heterocycles. The van der Waals surface area contributed by atoms with E-state index in [1.54, 1.807) is 0 Å². The van der Waals surface area contributed by atoms with Crippen LogP contribution in [-0.4, -0.2) is 0 Å². The fourth-order valence-electron chi connectivity index (χ4n) is 15.4. The number of hydrogen-bond donors (Lipinski definition) is 0. The summed E-state index contributed by atoms with van der Waals surface area (Å²) < 4.78 is 5.11. The Hall–Kier alpha value is -10.6. The molecule has 14 aromatic carbocycles. The maximum atomic E-state index is 2.45. The van der Waals surface area contributed by atoms with Crippen molar-refractivity contribution in [1.29, 1.82) is 0 Å². The molecule has 0 saturated heterocycles. The predicted molar refractivity (Wildman–Crippen MR) is 374 cm³/mol. The lowest BCUT2D eigenvalue weighted by Crippen LogP contribution is -2.28. The lowest BCUT2D eigenvalue weighted by molar-refractivity contribution is 0.768. The number of nitrogens with zero attached hydrogens (tertiary/aromatic N) is 2. The summed E-state index contributed by atoms with van der Waals surface area (Å²) in [5.74, 6) is 0. The lowest BCUT2D eigenvalue weighted by atomic mass is 9.67. The van der Waals surface area contributed by atoms with Crippen LogP contribution in [0.4, 0.5) is 34.1 Å². The Balaban J connectivity index is 0.795. The van der Waals surface area contributed by atoms with Crippen LogP contribution in [0.25, 0.3) is 73.4 Å². The highest BCUT2D eigenvalue weighted by Gasteiger charge is 2.47. The van der Waals surface area contributed by atoms with E-state index in [9.17, 15) is 0 Å². The highest BCUT2D eigenvalue weighted by Crippen LogP contribution is 2.59. The van der Waals surface area contributed by atoms with E-state index in [0.29, 0.717) is 0 Å². The van der Waals surface area contributed by atoms with Crippen molar-refractivity contribution in [2.24, 2.45) is 0 Å². The number of anilines is 6. The largest absolute Gasteiger partial charge is 0.310 e. The van der Waals surface area contributed by atoms with Crippen LogP contribution in [0.1, 0.15) is 44.5 Å². The van der Waals surface area contributed by atoms with Crippen LogP contribution >= 0.6 is 22.7 Å². The molecule has 0 saturated carbocycles. The van der Waals surface area contributed by atoms with E-state index in [0.717, 1.165) is 34.1 Å². The second-order valence-electron chi connectivity index (χ2n) is 23.4. The number of thiophene rings is 2. The first kappa shape index (κ1) is 50.7. The van der Waals surface area contributed by atoms with Gasteiger partial charge in [-0.05, 0) is 175 Å². The average molecular weight is 1160 g/mol. The van der Waals surface area contributed by atoms with Gasteiger partial charge in [-0.25, -0.2) is 0 Å². The molecule has 0 bridgehead atoms. The van der Waals surface area contributed by atoms with E-state index in [2.05, 4.69) is 337 Å². The van der Waals surface area contributed by atoms with Gasteiger partial charge in [-0.15, -0.1) is 22.7 Å². The second-order valence-corrected chi connectivity index (χ2v) is 25.6. The molecule has 2 aliphatic rings. The topological polar surface area (TPSA) is 6.48 Å². The first-order valence-electron chi connectivity index (χ1n) is 30.3. The minimum Gasteiger partial charge on any atom is -0.310 e. The third kappa shape index (κ3) is 7.40. The smallest absolute Gasteiger partial charge is 0.0714 e. The molecule has 0 N–H and O–H groups in total. The van der Waals surface area contributed by atoms with Crippen LogP contribution in [0, 0.1) is 0 Å². The van der Waals surface area contributed by atoms with Crippen molar-refractivity contribution >= 4 is 108 Å². The summed E-state index contributed by atoms with van der Waals surface area (Å²) in [7, 11) is 0. The molecule has 412 valence electrons. The van der Waals surface area contributed by atoms with Gasteiger partial charge in [-0.3, -0.25) is 0 Å². The van der Waals surface area contributed by atoms with E-state index in [1.807, 2.05) is 22.7 Å². The van der Waals surface area contributed by atoms with Crippen molar-refractivity contribution < 1.29 is 0 Å². The molecule has 18 rings (SSSR count). The first-order valence-corrected chi connectivity index (χ1v) is 31.9. The Labute approximate surface area is 519 Å². The van der Waals surface area contributed by atoms with Crippen molar-refractivity contribution in [2.45, 2.75) is 10.8 Å². The van der Waals surface area contributed by atoms with Crippen molar-refractivity contribution in [3.8, 4) is 22.3 Å². The summed E-state index contributed by atoms with van der Waals surface area (Å²) in [5.41, 5.74) is 20.9. The Kier molecular flexibility index (Phi) is 11.5. The van der Waals surface area contributed by atoms with E-state index in [4.69, 9.17) is 0 Å². The summed E-state index contributed by atoms with van der Waals surface area (Å²) >= 11 is 3.77. The minimum absolute atomic E-state index is 0.524. The van der Waals surface area contributed by atoms with Gasteiger partial charge in [0.2, 0.25) is 0 Å². The number of hydrogen-bond acceptors (Lipinski definition) is 4. The highest BCUT2D eigenvalue weighted by molar-refractivity contribution is 7.26. The molecule has 2 aliphatic carbocycles. The van der Waals surface area contributed by atoms with Crippen molar-refractivity contribution in [3.63, 3.8) is 0 Å². The van der Waals surface area contributed by atoms with Gasteiger partial charge in [0.15, 0.2) is 0 Å². The summed E-state index contributed by atoms with van der Waals surface area (Å²) in [6.45, 7) is 0. The summed E-state index contributed by atoms with van der Waals surface area (Å²) in [5, 5.41) is 7.65. The Bertz CT molecular complexity index is 4980. The summed E-state index contributed by atoms with van der Waals surface area (Å²) in [6, 6.07) is 122. The van der Waals surface area contributed by atoms with Gasteiger partial charge in [0.25, 0.3) is 0 Å². The normalized spacial score (nSPS) is 13.4. The molecular formula is C84H54N2S2. The van der Waals surface area contributed by atoms with Gasteiger partial charge in [0, 0.05) is 74.5 Å². The number of benzene rings is 14. The van der Waals surface area contributed by atoms with Gasteiger partial charge in [-0.2, -0.15) is 0 Å². The van der Waals surface area contributed by atoms with E-state index in [1.165, 1.54) is 118 Å². The van der Waals surface area contributed by atoms with E-state index >= 15 is 0 Å². The standard InChI is InChI=1S/C84H54N2S2/c1-5-23-55(24-6-1)83(73-39-17-13-35-65(73)66-36-14-18-40-74(66)83)57-27-21-33-61(51-57)85(59-29-9-3-10-30-59)63-43-47-77-71(53-63)81-69-45-50-80-82(70(69)46-49-79(81)87-77)72-54-64(44-48-78(72)88-80)86(60-31-11-4-12-32-60)62-34-22-28-58(52-62)84(56-25-7-2-8-26-56)75-41-19-15-37-67(75)68-38-16-20-42-76(68)84/h1-54H. The van der Waals surface area contributed by atoms with Crippen molar-refractivity contribution in [3.05, 3.63) is 372 Å². The molecule has 0 atom stereocenters. The van der Waals surface area contributed by atoms with Gasteiger partial charge in [0.05, 0.1) is 10.8 Å². The molecule has 16 aromatic rings. The molecule has 0 unspecified atom stereocenters. The highest BCUT2D eigenvalue weighted by atomic mass is 32.1. The fraction of sp³-hybridized carbons (Fsp3) is 0.0238. The molecule has 2 aromatic heterocycles. The van der Waals surface area contributed by atoms with Crippen LogP contribution < -0.4 is 9.80 Å². The minimum atomic E-state index is -0.524. The van der Waals surface area contributed by atoms with Crippen LogP contribution in [0.15, 0.2) is 328 Å². The lowest BCUT2D eigenvalue weighted by Gasteiger charge is -2.35. The van der Waals surface area contributed by atoms with Gasteiger partial charge >= 0.3 is 0 Å². The molecule has 0 amide bonds. The summed E-state index contributed by atoms with van der Waals surface area (Å²) in [6.07, 6.45) is 0. The fourth-order valence-corrected chi connectivity index (χ4v) is 17.6. The number of fused-ring (bicyclic) bond motifs is 15. The number of para-hydroxylation sites is 2. The predicted octanol–water partition coefficient (Wildman–Crippen LogP) is 23.2. The number of rotatable bonds is 10. The quantitative estimate of drug-likeness (QED) is 0.135. The zero-order valence-corrected chi connectivity index (χ0v) is 49.5. The molecule has 0 fully saturated rings. The zero-order chi connectivity index (χ0) is 57.9. The first-order chi connectivity index (χ1) is 43.6. The molecule has 0 aliphatic heterocycles. The van der Waals surface area contributed by atoms with Crippen molar-refractivity contribution in [2.75, 3.05) is 9.80 Å². The Morgan fingerprint density at radius 1 is 0.205 bits per heavy atom. The Morgan fingerprint density at radius 3 is 0.875 bits per heavy atom. The van der Waals surface area contributed by atoms with E-state index in [-0.39, 0.29) is 0 Å². The third-order valence-electron chi connectivity index (χ3n) is 19.0. The maximum absolute atomic E-state index is 2.45. The van der Waals surface area contributed by atoms with Crippen LogP contribution in [-0.2, 0) is 10.8 Å². The zero-order valence-electron chi connectivity index (χ0n) is 47.9. The van der Waals surface area contributed by atoms with Gasteiger partial charge in [-0.1, -0.05) is 231 Å². The third-order valence-corrected chi connectivity index (χ3v) is 21.2. The molecule has 4 heteroatoms. The molecule has 2 nitrogen and oxygen atoms in total. The molecule has 88 heavy (non-hydrogen) atoms. The van der Waals surface area contributed by atoms with Gasteiger partial charge < -0.3 is 9.80 Å². The Morgan fingerprint density at radius 2 is 0.500 bits per heavy atom. The van der Waals surface area contributed by atoms with Gasteiger partial charge in [0.1, 0.15) is 0 Å². The van der Waals surface area contributed by atoms with Crippen molar-refractivity contribution in [1.82, 2.24) is 0 Å². The second kappa shape index (κ2) is 20.0. The molecule has 0 spiro atoms. The summed E-state index contributed by atoms with van der Waals surface area (Å²) in [4.78, 5) is 4.91. The average Bonchev–Trinajstić information content (AvgIpc) is 1.56. The van der Waals surface area contributed by atoms with Crippen LogP contribution in [0.2, 0.25) is 0 Å². The van der Waals surface area contributed by atoms with E-state index < -0.39 is 10.8 Å². The van der Waals surface area contributed by atoms with Crippen LogP contribution in [0.3, 0.4) is 0 Å². The SMILES string of the molecule is c1ccc(N(c2cccc(C3(c4ccccc4)c4ccccc4-c4ccccc43)c2)c2ccc3sc4ccc5c(ccc6sc7ccc(N(c8ccccc8)c8cccc(C9(c%10ccccc%10)c%10ccccc%10-c%10ccccc%109)c8)cc7c65)c4c3c2)cc1. The molecule has 0 radical (unpaired) electrons. The molecular weight excluding hydrogens is 1100 g/mol. The van der Waals surface area contributed by atoms with Crippen LogP contribution in [0.5, 0.6) is 0 Å².